The molecule has 0 aliphatic rings. The summed E-state index contributed by atoms with van der Waals surface area (Å²) in [5.74, 6) is -0.127. The summed E-state index contributed by atoms with van der Waals surface area (Å²) in [6.45, 7) is 4.47. The molecule has 6 heteroatoms. The lowest BCUT2D eigenvalue weighted by Crippen LogP contribution is -2.32. The van der Waals surface area contributed by atoms with Crippen LogP contribution in [0.4, 0.5) is 0 Å². The largest absolute Gasteiger partial charge is 0.349 e. The lowest BCUT2D eigenvalue weighted by atomic mass is 10.1. The van der Waals surface area contributed by atoms with Gasteiger partial charge in [-0.15, -0.1) is 12.4 Å². The molecule has 0 radical (unpaired) electrons. The van der Waals surface area contributed by atoms with Crippen molar-refractivity contribution in [2.45, 2.75) is 13.3 Å². The number of aromatic nitrogens is 2. The Morgan fingerprint density at radius 1 is 1.19 bits per heavy atom. The van der Waals surface area contributed by atoms with Crippen molar-refractivity contribution in [3.63, 3.8) is 0 Å². The first-order valence-electron chi connectivity index (χ1n) is 6.91. The van der Waals surface area contributed by atoms with E-state index in [1.807, 2.05) is 30.3 Å². The third-order valence-corrected chi connectivity index (χ3v) is 2.91. The normalized spacial score (nSPS) is 9.95. The molecule has 0 spiro atoms. The molecule has 0 saturated carbocycles. The maximum absolute atomic E-state index is 11.9. The molecule has 5 nitrogen and oxygen atoms in total. The second kappa shape index (κ2) is 9.15. The SMILES string of the molecule is CCCNCCNC(=O)c1cc(-c2ccccc2)n[nH]1.Cl. The van der Waals surface area contributed by atoms with Gasteiger partial charge in [0.25, 0.3) is 5.91 Å². The molecule has 0 atom stereocenters. The summed E-state index contributed by atoms with van der Waals surface area (Å²) in [6, 6.07) is 11.5. The van der Waals surface area contributed by atoms with Crippen molar-refractivity contribution in [1.29, 1.82) is 0 Å². The number of rotatable bonds is 7. The molecule has 0 aliphatic heterocycles. The highest BCUT2D eigenvalue weighted by Gasteiger charge is 2.09. The van der Waals surface area contributed by atoms with Gasteiger partial charge in [-0.2, -0.15) is 5.10 Å². The second-order valence-electron chi connectivity index (χ2n) is 4.54. The molecule has 0 unspecified atom stereocenters. The van der Waals surface area contributed by atoms with Gasteiger partial charge in [0, 0.05) is 18.7 Å². The van der Waals surface area contributed by atoms with E-state index in [2.05, 4.69) is 27.8 Å². The summed E-state index contributed by atoms with van der Waals surface area (Å²) in [6.07, 6.45) is 1.09. The standard InChI is InChI=1S/C15H20N4O.ClH/c1-2-8-16-9-10-17-15(20)14-11-13(18-19-14)12-6-4-3-5-7-12;/h3-7,11,16H,2,8-10H2,1H3,(H,17,20)(H,18,19);1H. The molecule has 1 aromatic carbocycles. The molecule has 2 aromatic rings. The van der Waals surface area contributed by atoms with Crippen LogP contribution in [0.2, 0.25) is 0 Å². The van der Waals surface area contributed by atoms with Crippen molar-refractivity contribution < 1.29 is 4.79 Å². The average molecular weight is 309 g/mol. The van der Waals surface area contributed by atoms with E-state index in [0.717, 1.165) is 30.8 Å². The van der Waals surface area contributed by atoms with Crippen molar-refractivity contribution in [3.8, 4) is 11.3 Å². The van der Waals surface area contributed by atoms with Crippen molar-refractivity contribution in [3.05, 3.63) is 42.1 Å². The Hall–Kier alpha value is -1.85. The van der Waals surface area contributed by atoms with Crippen molar-refractivity contribution in [2.75, 3.05) is 19.6 Å². The number of nitrogens with one attached hydrogen (secondary N) is 3. The number of hydrogen-bond donors (Lipinski definition) is 3. The van der Waals surface area contributed by atoms with E-state index in [1.54, 1.807) is 6.07 Å². The number of amides is 1. The molecule has 0 saturated heterocycles. The number of nitrogens with zero attached hydrogens (tertiary/aromatic N) is 1. The van der Waals surface area contributed by atoms with Gasteiger partial charge in [0.2, 0.25) is 0 Å². The summed E-state index contributed by atoms with van der Waals surface area (Å²) in [7, 11) is 0. The third-order valence-electron chi connectivity index (χ3n) is 2.91. The third kappa shape index (κ3) is 5.21. The fourth-order valence-corrected chi connectivity index (χ4v) is 1.86. The maximum Gasteiger partial charge on any atom is 0.269 e. The Morgan fingerprint density at radius 3 is 2.67 bits per heavy atom. The first-order valence-corrected chi connectivity index (χ1v) is 6.91. The minimum absolute atomic E-state index is 0. The van der Waals surface area contributed by atoms with Gasteiger partial charge in [0.1, 0.15) is 5.69 Å². The molecule has 1 amide bonds. The number of carbonyl (C=O) groups excluding carboxylic acids is 1. The van der Waals surface area contributed by atoms with E-state index in [1.165, 1.54) is 0 Å². The maximum atomic E-state index is 11.9. The van der Waals surface area contributed by atoms with E-state index in [9.17, 15) is 4.79 Å². The zero-order valence-corrected chi connectivity index (χ0v) is 12.9. The fraction of sp³-hybridized carbons (Fsp3) is 0.333. The quantitative estimate of drug-likeness (QED) is 0.687. The highest BCUT2D eigenvalue weighted by atomic mass is 35.5. The molecule has 114 valence electrons. The number of carbonyl (C=O) groups is 1. The minimum atomic E-state index is -0.127. The fourth-order valence-electron chi connectivity index (χ4n) is 1.86. The topological polar surface area (TPSA) is 69.8 Å². The first kappa shape index (κ1) is 17.2. The molecular weight excluding hydrogens is 288 g/mol. The van der Waals surface area contributed by atoms with E-state index < -0.39 is 0 Å². The van der Waals surface area contributed by atoms with Gasteiger partial charge in [0.05, 0.1) is 5.69 Å². The molecule has 1 heterocycles. The van der Waals surface area contributed by atoms with Crippen LogP contribution in [0.15, 0.2) is 36.4 Å². The van der Waals surface area contributed by atoms with Gasteiger partial charge in [-0.1, -0.05) is 37.3 Å². The number of halogens is 1. The van der Waals surface area contributed by atoms with E-state index in [0.29, 0.717) is 12.2 Å². The lowest BCUT2D eigenvalue weighted by molar-refractivity contribution is 0.0949. The summed E-state index contributed by atoms with van der Waals surface area (Å²) in [5.41, 5.74) is 2.26. The van der Waals surface area contributed by atoms with E-state index in [4.69, 9.17) is 0 Å². The Kier molecular flexibility index (Phi) is 7.50. The molecule has 2 rings (SSSR count). The smallest absolute Gasteiger partial charge is 0.269 e. The Balaban J connectivity index is 0.00000220. The van der Waals surface area contributed by atoms with Crippen LogP contribution >= 0.6 is 12.4 Å². The van der Waals surface area contributed by atoms with Crippen LogP contribution in [0.5, 0.6) is 0 Å². The molecular formula is C15H21ClN4O. The van der Waals surface area contributed by atoms with Crippen LogP contribution in [0.25, 0.3) is 11.3 Å². The Labute approximate surface area is 130 Å². The Bertz CT molecular complexity index is 542. The molecule has 21 heavy (non-hydrogen) atoms. The van der Waals surface area contributed by atoms with Crippen LogP contribution in [0.3, 0.4) is 0 Å². The lowest BCUT2D eigenvalue weighted by Gasteiger charge is -2.04. The summed E-state index contributed by atoms with van der Waals surface area (Å²) in [4.78, 5) is 11.9. The summed E-state index contributed by atoms with van der Waals surface area (Å²) in [5, 5.41) is 13.0. The molecule has 0 bridgehead atoms. The number of benzene rings is 1. The zero-order valence-electron chi connectivity index (χ0n) is 12.1. The van der Waals surface area contributed by atoms with Gasteiger partial charge >= 0.3 is 0 Å². The van der Waals surface area contributed by atoms with Gasteiger partial charge in [-0.25, -0.2) is 0 Å². The van der Waals surface area contributed by atoms with Crippen molar-refractivity contribution in [2.24, 2.45) is 0 Å². The number of H-pyrrole nitrogens is 1. The average Bonchev–Trinajstić information content (AvgIpc) is 2.98. The van der Waals surface area contributed by atoms with E-state index in [-0.39, 0.29) is 18.3 Å². The second-order valence-corrected chi connectivity index (χ2v) is 4.54. The zero-order chi connectivity index (χ0) is 14.2. The summed E-state index contributed by atoms with van der Waals surface area (Å²) >= 11 is 0. The number of hydrogen-bond acceptors (Lipinski definition) is 3. The predicted octanol–water partition coefficient (Wildman–Crippen LogP) is 2.23. The van der Waals surface area contributed by atoms with Gasteiger partial charge in [-0.05, 0) is 19.0 Å². The molecule has 0 fully saturated rings. The van der Waals surface area contributed by atoms with Crippen LogP contribution in [-0.4, -0.2) is 35.7 Å². The van der Waals surface area contributed by atoms with Crippen LogP contribution in [-0.2, 0) is 0 Å². The summed E-state index contributed by atoms with van der Waals surface area (Å²) < 4.78 is 0. The minimum Gasteiger partial charge on any atom is -0.349 e. The van der Waals surface area contributed by atoms with E-state index >= 15 is 0 Å². The van der Waals surface area contributed by atoms with Gasteiger partial charge < -0.3 is 10.6 Å². The van der Waals surface area contributed by atoms with Gasteiger partial charge in [-0.3, -0.25) is 9.89 Å². The molecule has 1 aromatic heterocycles. The molecule has 0 aliphatic carbocycles. The van der Waals surface area contributed by atoms with Crippen LogP contribution in [0, 0.1) is 0 Å². The first-order chi connectivity index (χ1) is 9.81. The van der Waals surface area contributed by atoms with Crippen molar-refractivity contribution >= 4 is 18.3 Å². The van der Waals surface area contributed by atoms with Crippen LogP contribution in [0.1, 0.15) is 23.8 Å². The van der Waals surface area contributed by atoms with Gasteiger partial charge in [0.15, 0.2) is 0 Å². The Morgan fingerprint density at radius 2 is 1.95 bits per heavy atom. The predicted molar refractivity (Wildman–Crippen MR) is 86.8 cm³/mol. The highest BCUT2D eigenvalue weighted by molar-refractivity contribution is 5.93. The highest BCUT2D eigenvalue weighted by Crippen LogP contribution is 2.16. The number of aromatic amines is 1. The monoisotopic (exact) mass is 308 g/mol. The van der Waals surface area contributed by atoms with Crippen LogP contribution < -0.4 is 10.6 Å². The van der Waals surface area contributed by atoms with Crippen molar-refractivity contribution in [1.82, 2.24) is 20.8 Å². The molecule has 3 N–H and O–H groups in total.